The van der Waals surface area contributed by atoms with Crippen molar-refractivity contribution in [1.82, 2.24) is 0 Å². The van der Waals surface area contributed by atoms with Crippen molar-refractivity contribution in [3.8, 4) is 11.5 Å². The Kier molecular flexibility index (Phi) is 6.36. The molecule has 1 aromatic carbocycles. The minimum absolute atomic E-state index is 0.171. The Balaban J connectivity index is 3.13. The van der Waals surface area contributed by atoms with Crippen molar-refractivity contribution in [3.05, 3.63) is 23.3 Å². The fourth-order valence-electron chi connectivity index (χ4n) is 2.38. The van der Waals surface area contributed by atoms with Crippen molar-refractivity contribution in [1.29, 1.82) is 0 Å². The Hall–Kier alpha value is -1.71. The molecule has 4 nitrogen and oxygen atoms in total. The Morgan fingerprint density at radius 1 is 1.15 bits per heavy atom. The van der Waals surface area contributed by atoms with E-state index < -0.39 is 0 Å². The molecule has 0 saturated heterocycles. The summed E-state index contributed by atoms with van der Waals surface area (Å²) < 4.78 is 15.7. The van der Waals surface area contributed by atoms with E-state index in [2.05, 4.69) is 6.92 Å². The van der Waals surface area contributed by atoms with Crippen LogP contribution in [0.5, 0.6) is 11.5 Å². The van der Waals surface area contributed by atoms with E-state index in [1.54, 1.807) is 14.2 Å². The minimum Gasteiger partial charge on any atom is -0.496 e. The lowest BCUT2D eigenvalue weighted by molar-refractivity contribution is -0.145. The topological polar surface area (TPSA) is 44.8 Å². The van der Waals surface area contributed by atoms with Crippen LogP contribution in [0.4, 0.5) is 0 Å². The first-order chi connectivity index (χ1) is 9.57. The summed E-state index contributed by atoms with van der Waals surface area (Å²) in [5, 5.41) is 0. The maximum Gasteiger partial charge on any atom is 0.308 e. The molecule has 0 amide bonds. The van der Waals surface area contributed by atoms with Crippen molar-refractivity contribution in [2.24, 2.45) is 5.92 Å². The maximum atomic E-state index is 11.9. The minimum atomic E-state index is -0.184. The molecule has 0 saturated carbocycles. The molecule has 4 heteroatoms. The summed E-state index contributed by atoms with van der Waals surface area (Å²) in [6, 6.07) is 3.91. The number of hydrogen-bond donors (Lipinski definition) is 0. The summed E-state index contributed by atoms with van der Waals surface area (Å²) in [6.45, 7) is 4.04. The van der Waals surface area contributed by atoms with Crippen molar-refractivity contribution in [3.63, 3.8) is 0 Å². The van der Waals surface area contributed by atoms with Gasteiger partial charge < -0.3 is 14.2 Å². The molecule has 0 aliphatic carbocycles. The molecule has 0 aliphatic rings. The summed E-state index contributed by atoms with van der Waals surface area (Å²) in [5.41, 5.74) is 1.98. The fraction of sp³-hybridized carbons (Fsp3) is 0.562. The van der Waals surface area contributed by atoms with Gasteiger partial charge in [0.1, 0.15) is 11.5 Å². The highest BCUT2D eigenvalue weighted by molar-refractivity contribution is 5.73. The molecular formula is C16H24O4. The zero-order valence-electron chi connectivity index (χ0n) is 13.0. The molecule has 1 unspecified atom stereocenters. The third-order valence-corrected chi connectivity index (χ3v) is 3.37. The van der Waals surface area contributed by atoms with Crippen LogP contribution in [0.1, 0.15) is 30.9 Å². The molecule has 0 fully saturated rings. The zero-order valence-corrected chi connectivity index (χ0v) is 13.0. The van der Waals surface area contributed by atoms with Crippen LogP contribution in [-0.4, -0.2) is 27.3 Å². The summed E-state index contributed by atoms with van der Waals surface area (Å²) in [5.74, 6) is 1.16. The predicted octanol–water partition coefficient (Wildman–Crippen LogP) is 3.14. The Bertz CT molecular complexity index is 429. The van der Waals surface area contributed by atoms with E-state index in [0.717, 1.165) is 35.5 Å². The van der Waals surface area contributed by atoms with Gasteiger partial charge in [-0.2, -0.15) is 0 Å². The molecule has 0 aliphatic heterocycles. The first-order valence-corrected chi connectivity index (χ1v) is 6.86. The highest BCUT2D eigenvalue weighted by Crippen LogP contribution is 2.33. The number of ether oxygens (including phenoxy) is 3. The second-order valence-electron chi connectivity index (χ2n) is 4.86. The highest BCUT2D eigenvalue weighted by Gasteiger charge is 2.23. The number of carbonyl (C=O) groups excluding carboxylic acids is 1. The molecule has 0 N–H and O–H groups in total. The third kappa shape index (κ3) is 3.89. The first kappa shape index (κ1) is 16.3. The molecule has 20 heavy (non-hydrogen) atoms. The van der Waals surface area contributed by atoms with Gasteiger partial charge in [-0.15, -0.1) is 0 Å². The quantitative estimate of drug-likeness (QED) is 0.720. The van der Waals surface area contributed by atoms with Gasteiger partial charge in [-0.3, -0.25) is 4.79 Å². The van der Waals surface area contributed by atoms with E-state index in [9.17, 15) is 4.79 Å². The first-order valence-electron chi connectivity index (χ1n) is 6.86. The molecule has 1 rings (SSSR count). The largest absolute Gasteiger partial charge is 0.496 e. The van der Waals surface area contributed by atoms with Gasteiger partial charge in [0.15, 0.2) is 0 Å². The number of esters is 1. The smallest absolute Gasteiger partial charge is 0.308 e. The predicted molar refractivity (Wildman–Crippen MR) is 78.4 cm³/mol. The van der Waals surface area contributed by atoms with Crippen LogP contribution < -0.4 is 9.47 Å². The average Bonchev–Trinajstić information content (AvgIpc) is 2.46. The zero-order chi connectivity index (χ0) is 15.1. The van der Waals surface area contributed by atoms with E-state index in [1.165, 1.54) is 7.11 Å². The number of benzene rings is 1. The molecule has 0 aromatic heterocycles. The van der Waals surface area contributed by atoms with Gasteiger partial charge in [0.2, 0.25) is 0 Å². The van der Waals surface area contributed by atoms with Crippen LogP contribution in [0.25, 0.3) is 0 Å². The number of carbonyl (C=O) groups is 1. The number of hydrogen-bond acceptors (Lipinski definition) is 4. The van der Waals surface area contributed by atoms with Crippen molar-refractivity contribution >= 4 is 5.97 Å². The second kappa shape index (κ2) is 7.78. The lowest BCUT2D eigenvalue weighted by Crippen LogP contribution is -2.19. The van der Waals surface area contributed by atoms with Gasteiger partial charge >= 0.3 is 5.97 Å². The van der Waals surface area contributed by atoms with E-state index in [1.807, 2.05) is 19.1 Å². The van der Waals surface area contributed by atoms with Crippen LogP contribution in [0.2, 0.25) is 0 Å². The maximum absolute atomic E-state index is 11.9. The molecule has 0 bridgehead atoms. The molecule has 1 aromatic rings. The van der Waals surface area contributed by atoms with E-state index in [4.69, 9.17) is 14.2 Å². The molecular weight excluding hydrogens is 256 g/mol. The van der Waals surface area contributed by atoms with Gasteiger partial charge in [-0.25, -0.2) is 0 Å². The van der Waals surface area contributed by atoms with Crippen LogP contribution in [-0.2, 0) is 16.0 Å². The van der Waals surface area contributed by atoms with Crippen molar-refractivity contribution < 1.29 is 19.0 Å². The van der Waals surface area contributed by atoms with Crippen LogP contribution >= 0.6 is 0 Å². The molecule has 0 radical (unpaired) electrons. The van der Waals surface area contributed by atoms with Gasteiger partial charge in [-0.05, 0) is 37.5 Å². The number of rotatable bonds is 7. The average molecular weight is 280 g/mol. The Labute approximate surface area is 121 Å². The molecule has 1 atom stereocenters. The lowest BCUT2D eigenvalue weighted by Gasteiger charge is -2.19. The van der Waals surface area contributed by atoms with Crippen molar-refractivity contribution in [2.45, 2.75) is 33.1 Å². The highest BCUT2D eigenvalue weighted by atomic mass is 16.5. The Morgan fingerprint density at radius 3 is 2.10 bits per heavy atom. The van der Waals surface area contributed by atoms with E-state index in [-0.39, 0.29) is 11.9 Å². The van der Waals surface area contributed by atoms with Gasteiger partial charge in [0.05, 0.1) is 27.2 Å². The monoisotopic (exact) mass is 280 g/mol. The van der Waals surface area contributed by atoms with Gasteiger partial charge in [0.25, 0.3) is 0 Å². The SMILES string of the molecule is CCCC(Cc1c(OC)cc(C)cc1OC)C(=O)OC. The van der Waals surface area contributed by atoms with E-state index >= 15 is 0 Å². The third-order valence-electron chi connectivity index (χ3n) is 3.37. The van der Waals surface area contributed by atoms with Gasteiger partial charge in [-0.1, -0.05) is 13.3 Å². The normalized spacial score (nSPS) is 11.8. The van der Waals surface area contributed by atoms with Gasteiger partial charge in [0, 0.05) is 5.56 Å². The number of methoxy groups -OCH3 is 3. The number of aryl methyl sites for hydroxylation is 1. The van der Waals surface area contributed by atoms with Crippen LogP contribution in [0, 0.1) is 12.8 Å². The molecule has 112 valence electrons. The molecule has 0 spiro atoms. The Morgan fingerprint density at radius 2 is 1.70 bits per heavy atom. The summed E-state index contributed by atoms with van der Waals surface area (Å²) >= 11 is 0. The molecule has 0 heterocycles. The van der Waals surface area contributed by atoms with Crippen molar-refractivity contribution in [2.75, 3.05) is 21.3 Å². The summed E-state index contributed by atoms with van der Waals surface area (Å²) in [7, 11) is 4.68. The standard InChI is InChI=1S/C16H24O4/c1-6-7-12(16(17)20-5)10-13-14(18-3)8-11(2)9-15(13)19-4/h8-9,12H,6-7,10H2,1-5H3. The lowest BCUT2D eigenvalue weighted by atomic mass is 9.93. The van der Waals surface area contributed by atoms with E-state index in [0.29, 0.717) is 6.42 Å². The van der Waals surface area contributed by atoms with Crippen LogP contribution in [0.3, 0.4) is 0 Å². The summed E-state index contributed by atoms with van der Waals surface area (Å²) in [4.78, 5) is 11.9. The van der Waals surface area contributed by atoms with Crippen LogP contribution in [0.15, 0.2) is 12.1 Å². The second-order valence-corrected chi connectivity index (χ2v) is 4.86. The summed E-state index contributed by atoms with van der Waals surface area (Å²) in [6.07, 6.45) is 2.27. The fourth-order valence-corrected chi connectivity index (χ4v) is 2.38.